The molecular weight excluding hydrogens is 353 g/mol. The van der Waals surface area contributed by atoms with Gasteiger partial charge in [-0.2, -0.15) is 0 Å². The fourth-order valence-corrected chi connectivity index (χ4v) is 3.47. The van der Waals surface area contributed by atoms with Crippen LogP contribution in [0.2, 0.25) is 0 Å². The minimum atomic E-state index is -3.70. The van der Waals surface area contributed by atoms with Gasteiger partial charge < -0.3 is 4.74 Å². The maximum absolute atomic E-state index is 12.8. The van der Waals surface area contributed by atoms with Crippen LogP contribution in [-0.4, -0.2) is 32.4 Å². The fourth-order valence-electron chi connectivity index (χ4n) is 1.74. The SMILES string of the molecule is O=C(COc1ccccc1)SCCNS(=O)(=O)c1ccc(F)cc1. The van der Waals surface area contributed by atoms with Crippen molar-refractivity contribution in [1.29, 1.82) is 0 Å². The second-order valence-electron chi connectivity index (χ2n) is 4.67. The number of benzene rings is 2. The van der Waals surface area contributed by atoms with Crippen LogP contribution in [0.3, 0.4) is 0 Å². The van der Waals surface area contributed by atoms with Crippen LogP contribution in [-0.2, 0) is 14.8 Å². The standard InChI is InChI=1S/C16H16FNO4S2/c17-13-6-8-15(9-7-13)24(20,21)18-10-11-23-16(19)12-22-14-4-2-1-3-5-14/h1-9,18H,10-12H2. The maximum Gasteiger partial charge on any atom is 0.240 e. The Morgan fingerprint density at radius 2 is 1.75 bits per heavy atom. The Balaban J connectivity index is 1.70. The molecule has 0 amide bonds. The summed E-state index contributed by atoms with van der Waals surface area (Å²) in [5.41, 5.74) is 0. The van der Waals surface area contributed by atoms with E-state index in [1.807, 2.05) is 6.07 Å². The van der Waals surface area contributed by atoms with E-state index in [-0.39, 0.29) is 28.9 Å². The van der Waals surface area contributed by atoms with Gasteiger partial charge in [-0.25, -0.2) is 17.5 Å². The lowest BCUT2D eigenvalue weighted by molar-refractivity contribution is -0.112. The molecule has 0 aliphatic heterocycles. The molecule has 24 heavy (non-hydrogen) atoms. The number of para-hydroxylation sites is 1. The molecule has 0 aliphatic rings. The zero-order valence-corrected chi connectivity index (χ0v) is 14.3. The summed E-state index contributed by atoms with van der Waals surface area (Å²) >= 11 is 0.983. The molecule has 0 radical (unpaired) electrons. The zero-order valence-electron chi connectivity index (χ0n) is 12.6. The van der Waals surface area contributed by atoms with Gasteiger partial charge in [-0.15, -0.1) is 0 Å². The molecule has 8 heteroatoms. The Kier molecular flexibility index (Phi) is 6.77. The third-order valence-corrected chi connectivity index (χ3v) is 5.21. The van der Waals surface area contributed by atoms with Gasteiger partial charge in [0.15, 0.2) is 6.61 Å². The first kappa shape index (κ1) is 18.4. The fraction of sp³-hybridized carbons (Fsp3) is 0.188. The number of sulfonamides is 1. The molecule has 0 saturated heterocycles. The Labute approximate surface area is 144 Å². The molecule has 2 aromatic carbocycles. The molecule has 0 unspecified atom stereocenters. The van der Waals surface area contributed by atoms with E-state index in [1.165, 1.54) is 12.1 Å². The summed E-state index contributed by atoms with van der Waals surface area (Å²) in [6.45, 7) is 0.000839. The van der Waals surface area contributed by atoms with E-state index < -0.39 is 15.8 Å². The average Bonchev–Trinajstić information content (AvgIpc) is 2.58. The number of thioether (sulfide) groups is 1. The lowest BCUT2D eigenvalue weighted by atomic mass is 10.3. The van der Waals surface area contributed by atoms with Crippen molar-refractivity contribution in [3.05, 3.63) is 60.4 Å². The summed E-state index contributed by atoms with van der Waals surface area (Å²) in [7, 11) is -3.70. The quantitative estimate of drug-likeness (QED) is 0.724. The molecular formula is C16H16FNO4S2. The summed E-state index contributed by atoms with van der Waals surface area (Å²) < 4.78 is 44.4. The van der Waals surface area contributed by atoms with Gasteiger partial charge in [0.05, 0.1) is 4.90 Å². The first-order valence-electron chi connectivity index (χ1n) is 7.06. The highest BCUT2D eigenvalue weighted by atomic mass is 32.2. The van der Waals surface area contributed by atoms with E-state index in [4.69, 9.17) is 4.74 Å². The predicted octanol–water partition coefficient (Wildman–Crippen LogP) is 2.44. The maximum atomic E-state index is 12.8. The van der Waals surface area contributed by atoms with Crippen molar-refractivity contribution < 1.29 is 22.3 Å². The minimum absolute atomic E-state index is 0.0207. The number of hydrogen-bond donors (Lipinski definition) is 1. The van der Waals surface area contributed by atoms with Crippen LogP contribution in [0, 0.1) is 5.82 Å². The van der Waals surface area contributed by atoms with Crippen molar-refractivity contribution >= 4 is 26.9 Å². The average molecular weight is 369 g/mol. The summed E-state index contributed by atoms with van der Waals surface area (Å²) in [6, 6.07) is 13.5. The van der Waals surface area contributed by atoms with Gasteiger partial charge in [0.25, 0.3) is 0 Å². The smallest absolute Gasteiger partial charge is 0.240 e. The second-order valence-corrected chi connectivity index (χ2v) is 7.59. The van der Waals surface area contributed by atoms with Crippen LogP contribution in [0.25, 0.3) is 0 Å². The Morgan fingerprint density at radius 3 is 2.42 bits per heavy atom. The van der Waals surface area contributed by atoms with Crippen molar-refractivity contribution in [3.63, 3.8) is 0 Å². The number of ether oxygens (including phenoxy) is 1. The summed E-state index contributed by atoms with van der Waals surface area (Å²) in [4.78, 5) is 11.6. The molecule has 0 atom stereocenters. The minimum Gasteiger partial charge on any atom is -0.485 e. The third kappa shape index (κ3) is 5.95. The molecule has 2 rings (SSSR count). The van der Waals surface area contributed by atoms with Crippen LogP contribution >= 0.6 is 11.8 Å². The number of carbonyl (C=O) groups is 1. The van der Waals surface area contributed by atoms with Gasteiger partial charge in [-0.3, -0.25) is 4.79 Å². The second kappa shape index (κ2) is 8.81. The number of carbonyl (C=O) groups excluding carboxylic acids is 1. The monoisotopic (exact) mass is 369 g/mol. The molecule has 0 aliphatic carbocycles. The Hall–Kier alpha value is -1.90. The summed E-state index contributed by atoms with van der Waals surface area (Å²) in [5, 5.41) is -0.195. The lowest BCUT2D eigenvalue weighted by Crippen LogP contribution is -2.26. The molecule has 0 bridgehead atoms. The molecule has 0 saturated carbocycles. The first-order chi connectivity index (χ1) is 11.5. The summed E-state index contributed by atoms with van der Waals surface area (Å²) in [6.07, 6.45) is 0. The highest BCUT2D eigenvalue weighted by Gasteiger charge is 2.13. The zero-order chi connectivity index (χ0) is 17.4. The molecule has 2 aromatic rings. The molecule has 0 fully saturated rings. The Bertz CT molecular complexity index is 764. The van der Waals surface area contributed by atoms with Crippen LogP contribution in [0.4, 0.5) is 4.39 Å². The molecule has 1 N–H and O–H groups in total. The number of halogens is 1. The van der Waals surface area contributed by atoms with E-state index in [0.29, 0.717) is 5.75 Å². The van der Waals surface area contributed by atoms with Gasteiger partial charge >= 0.3 is 0 Å². The number of hydrogen-bond acceptors (Lipinski definition) is 5. The first-order valence-corrected chi connectivity index (χ1v) is 9.53. The molecule has 128 valence electrons. The molecule has 0 spiro atoms. The van der Waals surface area contributed by atoms with E-state index in [9.17, 15) is 17.6 Å². The van der Waals surface area contributed by atoms with E-state index in [1.54, 1.807) is 24.3 Å². The van der Waals surface area contributed by atoms with Crippen molar-refractivity contribution in [3.8, 4) is 5.75 Å². The molecule has 5 nitrogen and oxygen atoms in total. The van der Waals surface area contributed by atoms with Crippen LogP contribution in [0.5, 0.6) is 5.75 Å². The third-order valence-electron chi connectivity index (χ3n) is 2.88. The van der Waals surface area contributed by atoms with E-state index in [0.717, 1.165) is 23.9 Å². The van der Waals surface area contributed by atoms with E-state index in [2.05, 4.69) is 4.72 Å². The molecule has 0 aromatic heterocycles. The van der Waals surface area contributed by atoms with E-state index >= 15 is 0 Å². The van der Waals surface area contributed by atoms with Gasteiger partial charge in [-0.05, 0) is 36.4 Å². The van der Waals surface area contributed by atoms with Crippen molar-refractivity contribution in [2.45, 2.75) is 4.90 Å². The lowest BCUT2D eigenvalue weighted by Gasteiger charge is -2.07. The highest BCUT2D eigenvalue weighted by Crippen LogP contribution is 2.11. The van der Waals surface area contributed by atoms with Gasteiger partial charge in [0, 0.05) is 12.3 Å². The van der Waals surface area contributed by atoms with Crippen molar-refractivity contribution in [2.75, 3.05) is 18.9 Å². The van der Waals surface area contributed by atoms with Gasteiger partial charge in [-0.1, -0.05) is 30.0 Å². The van der Waals surface area contributed by atoms with Gasteiger partial charge in [0.2, 0.25) is 15.1 Å². The number of rotatable bonds is 8. The topological polar surface area (TPSA) is 72.5 Å². The highest BCUT2D eigenvalue weighted by molar-refractivity contribution is 8.13. The number of nitrogens with one attached hydrogen (secondary N) is 1. The normalized spacial score (nSPS) is 11.2. The van der Waals surface area contributed by atoms with Crippen LogP contribution in [0.1, 0.15) is 0 Å². The summed E-state index contributed by atoms with van der Waals surface area (Å²) in [5.74, 6) is 0.370. The van der Waals surface area contributed by atoms with Gasteiger partial charge in [0.1, 0.15) is 11.6 Å². The van der Waals surface area contributed by atoms with Crippen LogP contribution in [0.15, 0.2) is 59.5 Å². The van der Waals surface area contributed by atoms with Crippen LogP contribution < -0.4 is 9.46 Å². The van der Waals surface area contributed by atoms with Crippen molar-refractivity contribution in [1.82, 2.24) is 4.72 Å². The van der Waals surface area contributed by atoms with Crippen molar-refractivity contribution in [2.24, 2.45) is 0 Å². The molecule has 0 heterocycles. The largest absolute Gasteiger partial charge is 0.485 e. The predicted molar refractivity (Wildman–Crippen MR) is 91.0 cm³/mol. The Morgan fingerprint density at radius 1 is 1.08 bits per heavy atom.